The molecule has 1 aromatic heterocycles. The number of rotatable bonds is 4. The highest BCUT2D eigenvalue weighted by atomic mass is 19.1. The highest BCUT2D eigenvalue weighted by Gasteiger charge is 2.38. The lowest BCUT2D eigenvalue weighted by Crippen LogP contribution is -2.21. The number of hydrogen-bond acceptors (Lipinski definition) is 3. The molecular weight excluding hydrogens is 281 g/mol. The van der Waals surface area contributed by atoms with E-state index in [4.69, 9.17) is 0 Å². The van der Waals surface area contributed by atoms with E-state index in [-0.39, 0.29) is 17.8 Å². The van der Waals surface area contributed by atoms with Crippen LogP contribution in [0.4, 0.5) is 10.2 Å². The fraction of sp³-hybridized carbons (Fsp3) is 0.294. The Hall–Kier alpha value is -2.43. The highest BCUT2D eigenvalue weighted by molar-refractivity contribution is 5.93. The Balaban J connectivity index is 1.62. The molecule has 0 bridgehead atoms. The first kappa shape index (κ1) is 14.5. The second kappa shape index (κ2) is 5.75. The van der Waals surface area contributed by atoms with Crippen molar-refractivity contribution in [2.24, 2.45) is 0 Å². The lowest BCUT2D eigenvalue weighted by Gasteiger charge is -2.10. The van der Waals surface area contributed by atoms with Gasteiger partial charge in [0, 0.05) is 32.3 Å². The molecule has 5 heteroatoms. The van der Waals surface area contributed by atoms with Gasteiger partial charge < -0.3 is 10.2 Å². The van der Waals surface area contributed by atoms with Gasteiger partial charge in [0.1, 0.15) is 11.6 Å². The summed E-state index contributed by atoms with van der Waals surface area (Å²) < 4.78 is 13.2. The highest BCUT2D eigenvalue weighted by Crippen LogP contribution is 2.42. The largest absolute Gasteiger partial charge is 0.367 e. The van der Waals surface area contributed by atoms with Crippen molar-refractivity contribution in [2.45, 2.75) is 18.4 Å². The summed E-state index contributed by atoms with van der Waals surface area (Å²) in [6.45, 7) is 0. The Bertz CT molecular complexity index is 685. The number of nitrogens with one attached hydrogen (secondary N) is 1. The van der Waals surface area contributed by atoms with Crippen molar-refractivity contribution >= 4 is 11.7 Å². The van der Waals surface area contributed by atoms with Crippen LogP contribution in [-0.4, -0.2) is 35.9 Å². The Morgan fingerprint density at radius 1 is 1.32 bits per heavy atom. The molecule has 1 aliphatic carbocycles. The number of benzene rings is 1. The number of anilines is 1. The molecule has 3 rings (SSSR count). The van der Waals surface area contributed by atoms with E-state index in [0.29, 0.717) is 11.5 Å². The molecule has 2 atom stereocenters. The number of carbonyl (C=O) groups is 1. The average molecular weight is 299 g/mol. The van der Waals surface area contributed by atoms with Gasteiger partial charge in [-0.15, -0.1) is 0 Å². The number of halogens is 1. The van der Waals surface area contributed by atoms with Crippen LogP contribution in [0.5, 0.6) is 0 Å². The van der Waals surface area contributed by atoms with Crippen LogP contribution in [0.15, 0.2) is 42.6 Å². The van der Waals surface area contributed by atoms with Gasteiger partial charge in [-0.05, 0) is 36.2 Å². The smallest absolute Gasteiger partial charge is 0.254 e. The van der Waals surface area contributed by atoms with Crippen LogP contribution in [0.25, 0.3) is 0 Å². The van der Waals surface area contributed by atoms with Crippen LogP contribution in [-0.2, 0) is 0 Å². The molecule has 1 N–H and O–H groups in total. The summed E-state index contributed by atoms with van der Waals surface area (Å²) in [6.07, 6.45) is 2.54. The summed E-state index contributed by atoms with van der Waals surface area (Å²) in [6, 6.07) is 10.6. The molecule has 1 aromatic carbocycles. The average Bonchev–Trinajstić information content (AvgIpc) is 3.26. The molecule has 1 aliphatic rings. The van der Waals surface area contributed by atoms with Gasteiger partial charge in [-0.3, -0.25) is 4.79 Å². The molecule has 0 unspecified atom stereocenters. The van der Waals surface area contributed by atoms with E-state index in [0.717, 1.165) is 17.8 Å². The Morgan fingerprint density at radius 2 is 2.14 bits per heavy atom. The number of hydrogen-bond donors (Lipinski definition) is 1. The normalized spacial score (nSPS) is 19.6. The summed E-state index contributed by atoms with van der Waals surface area (Å²) in [5.74, 6) is 0.788. The van der Waals surface area contributed by atoms with Gasteiger partial charge in [-0.25, -0.2) is 9.37 Å². The lowest BCUT2D eigenvalue weighted by atomic mass is 10.1. The van der Waals surface area contributed by atoms with Crippen molar-refractivity contribution in [2.75, 3.05) is 19.4 Å². The molecule has 1 fully saturated rings. The Kier molecular flexibility index (Phi) is 3.79. The lowest BCUT2D eigenvalue weighted by molar-refractivity contribution is 0.0827. The number of aromatic nitrogens is 1. The van der Waals surface area contributed by atoms with Gasteiger partial charge in [0.25, 0.3) is 5.91 Å². The second-order valence-electron chi connectivity index (χ2n) is 5.78. The molecule has 0 saturated heterocycles. The van der Waals surface area contributed by atoms with Crippen molar-refractivity contribution in [1.82, 2.24) is 9.88 Å². The summed E-state index contributed by atoms with van der Waals surface area (Å²) >= 11 is 0. The van der Waals surface area contributed by atoms with Crippen LogP contribution in [0.2, 0.25) is 0 Å². The standard InChI is InChI=1S/C17H18FN3O/c1-21(2)17(22)12-6-7-16(19-10-12)20-15-9-14(15)11-4-3-5-13(18)8-11/h3-8,10,14-15H,9H2,1-2H3,(H,19,20)/t14-,15+/m0/s1. The predicted molar refractivity (Wildman–Crippen MR) is 83.4 cm³/mol. The predicted octanol–water partition coefficient (Wildman–Crippen LogP) is 2.89. The first-order valence-electron chi connectivity index (χ1n) is 7.24. The SMILES string of the molecule is CN(C)C(=O)c1ccc(N[C@@H]2C[C@H]2c2cccc(F)c2)nc1. The van der Waals surface area contributed by atoms with E-state index in [1.807, 2.05) is 6.07 Å². The minimum atomic E-state index is -0.201. The van der Waals surface area contributed by atoms with Gasteiger partial charge >= 0.3 is 0 Å². The summed E-state index contributed by atoms with van der Waals surface area (Å²) in [5.41, 5.74) is 1.57. The minimum Gasteiger partial charge on any atom is -0.367 e. The van der Waals surface area contributed by atoms with Crippen LogP contribution < -0.4 is 5.32 Å². The van der Waals surface area contributed by atoms with Crippen molar-refractivity contribution in [1.29, 1.82) is 0 Å². The van der Waals surface area contributed by atoms with E-state index in [1.165, 1.54) is 11.0 Å². The third-order valence-electron chi connectivity index (χ3n) is 3.82. The third kappa shape index (κ3) is 3.08. The molecule has 0 aliphatic heterocycles. The number of amides is 1. The summed E-state index contributed by atoms with van der Waals surface area (Å²) in [5, 5.41) is 3.32. The zero-order chi connectivity index (χ0) is 15.7. The van der Waals surface area contributed by atoms with Gasteiger partial charge in [0.2, 0.25) is 0 Å². The maximum absolute atomic E-state index is 13.2. The quantitative estimate of drug-likeness (QED) is 0.944. The summed E-state index contributed by atoms with van der Waals surface area (Å²) in [4.78, 5) is 17.6. The van der Waals surface area contributed by atoms with Gasteiger partial charge in [-0.2, -0.15) is 0 Å². The Labute approximate surface area is 129 Å². The van der Waals surface area contributed by atoms with E-state index in [1.54, 1.807) is 44.6 Å². The van der Waals surface area contributed by atoms with Crippen LogP contribution in [0.1, 0.15) is 28.3 Å². The fourth-order valence-electron chi connectivity index (χ4n) is 2.51. The first-order valence-corrected chi connectivity index (χ1v) is 7.24. The number of nitrogens with zero attached hydrogens (tertiary/aromatic N) is 2. The molecule has 1 saturated carbocycles. The molecule has 4 nitrogen and oxygen atoms in total. The minimum absolute atomic E-state index is 0.0666. The molecular formula is C17H18FN3O. The molecule has 22 heavy (non-hydrogen) atoms. The van der Waals surface area contributed by atoms with E-state index < -0.39 is 0 Å². The number of carbonyl (C=O) groups excluding carboxylic acids is 1. The van der Waals surface area contributed by atoms with Crippen molar-refractivity contribution in [3.8, 4) is 0 Å². The van der Waals surface area contributed by atoms with Crippen LogP contribution in [0.3, 0.4) is 0 Å². The van der Waals surface area contributed by atoms with Gasteiger partial charge in [-0.1, -0.05) is 12.1 Å². The molecule has 114 valence electrons. The van der Waals surface area contributed by atoms with Crippen molar-refractivity contribution < 1.29 is 9.18 Å². The number of pyridine rings is 1. The van der Waals surface area contributed by atoms with Crippen LogP contribution in [0, 0.1) is 5.82 Å². The van der Waals surface area contributed by atoms with E-state index in [9.17, 15) is 9.18 Å². The summed E-state index contributed by atoms with van der Waals surface area (Å²) in [7, 11) is 3.42. The zero-order valence-electron chi connectivity index (χ0n) is 12.6. The topological polar surface area (TPSA) is 45.2 Å². The maximum atomic E-state index is 13.2. The monoisotopic (exact) mass is 299 g/mol. The molecule has 0 radical (unpaired) electrons. The maximum Gasteiger partial charge on any atom is 0.254 e. The molecule has 2 aromatic rings. The third-order valence-corrected chi connectivity index (χ3v) is 3.82. The van der Waals surface area contributed by atoms with Crippen LogP contribution >= 0.6 is 0 Å². The van der Waals surface area contributed by atoms with Crippen molar-refractivity contribution in [3.63, 3.8) is 0 Å². The molecule has 0 spiro atoms. The Morgan fingerprint density at radius 3 is 2.77 bits per heavy atom. The van der Waals surface area contributed by atoms with Gasteiger partial charge in [0.15, 0.2) is 0 Å². The van der Waals surface area contributed by atoms with Gasteiger partial charge in [0.05, 0.1) is 5.56 Å². The molecule has 1 amide bonds. The zero-order valence-corrected chi connectivity index (χ0v) is 12.6. The molecule has 1 heterocycles. The van der Waals surface area contributed by atoms with E-state index in [2.05, 4.69) is 10.3 Å². The second-order valence-corrected chi connectivity index (χ2v) is 5.78. The first-order chi connectivity index (χ1) is 10.5. The van der Waals surface area contributed by atoms with E-state index >= 15 is 0 Å². The van der Waals surface area contributed by atoms with Crippen molar-refractivity contribution in [3.05, 3.63) is 59.5 Å². The fourth-order valence-corrected chi connectivity index (χ4v) is 2.51.